The molecule has 0 aromatic carbocycles. The number of nitrogens with one attached hydrogen (secondary N) is 1. The highest BCUT2D eigenvalue weighted by molar-refractivity contribution is 7.09. The third-order valence-electron chi connectivity index (χ3n) is 4.10. The Balaban J connectivity index is 1.91. The van der Waals surface area contributed by atoms with Crippen LogP contribution in [0.25, 0.3) is 0 Å². The van der Waals surface area contributed by atoms with Crippen LogP contribution in [0.2, 0.25) is 0 Å². The van der Waals surface area contributed by atoms with Crippen LogP contribution >= 0.6 is 11.3 Å². The minimum Gasteiger partial charge on any atom is -0.303 e. The van der Waals surface area contributed by atoms with Gasteiger partial charge in [0, 0.05) is 17.1 Å². The van der Waals surface area contributed by atoms with Gasteiger partial charge < -0.3 is 5.32 Å². The van der Waals surface area contributed by atoms with Crippen molar-refractivity contribution in [2.45, 2.75) is 64.5 Å². The molecule has 0 bridgehead atoms. The van der Waals surface area contributed by atoms with E-state index in [0.29, 0.717) is 5.41 Å². The van der Waals surface area contributed by atoms with E-state index < -0.39 is 0 Å². The molecule has 2 aliphatic carbocycles. The first-order chi connectivity index (χ1) is 7.99. The molecule has 2 fully saturated rings. The first kappa shape index (κ1) is 11.7. The molecular weight excluding hydrogens is 228 g/mol. The minimum atomic E-state index is 0.184. The smallest absolute Gasteiger partial charge is 0.113 e. The van der Waals surface area contributed by atoms with Crippen molar-refractivity contribution in [3.05, 3.63) is 16.1 Å². The van der Waals surface area contributed by atoms with Crippen LogP contribution in [0, 0.1) is 12.3 Å². The Kier molecular flexibility index (Phi) is 2.60. The van der Waals surface area contributed by atoms with Crippen LogP contribution in [-0.4, -0.2) is 11.0 Å². The van der Waals surface area contributed by atoms with E-state index in [4.69, 9.17) is 4.98 Å². The second-order valence-electron chi connectivity index (χ2n) is 6.64. The molecule has 0 spiro atoms. The van der Waals surface area contributed by atoms with Gasteiger partial charge in [0.2, 0.25) is 0 Å². The van der Waals surface area contributed by atoms with Crippen LogP contribution < -0.4 is 5.32 Å². The first-order valence-corrected chi connectivity index (χ1v) is 7.57. The van der Waals surface area contributed by atoms with E-state index in [-0.39, 0.29) is 5.54 Å². The zero-order chi connectivity index (χ0) is 12.1. The van der Waals surface area contributed by atoms with Crippen molar-refractivity contribution >= 4 is 11.3 Å². The number of aromatic nitrogens is 1. The van der Waals surface area contributed by atoms with Gasteiger partial charge in [-0.2, -0.15) is 0 Å². The van der Waals surface area contributed by atoms with Crippen LogP contribution in [0.4, 0.5) is 0 Å². The fraction of sp³-hybridized carbons (Fsp3) is 0.786. The molecule has 3 heteroatoms. The Labute approximate surface area is 108 Å². The lowest BCUT2D eigenvalue weighted by Crippen LogP contribution is -2.42. The van der Waals surface area contributed by atoms with Gasteiger partial charge in [0.25, 0.3) is 0 Å². The zero-order valence-electron chi connectivity index (χ0n) is 11.0. The van der Waals surface area contributed by atoms with Crippen molar-refractivity contribution in [2.75, 3.05) is 0 Å². The molecule has 94 valence electrons. The van der Waals surface area contributed by atoms with E-state index >= 15 is 0 Å². The SMILES string of the molecule is Cc1csc(C2(NC3CC3)CCC(C)(C)C2)n1. The maximum Gasteiger partial charge on any atom is 0.113 e. The van der Waals surface area contributed by atoms with Crippen molar-refractivity contribution in [3.8, 4) is 0 Å². The van der Waals surface area contributed by atoms with E-state index in [0.717, 1.165) is 6.04 Å². The summed E-state index contributed by atoms with van der Waals surface area (Å²) >= 11 is 1.84. The Morgan fingerprint density at radius 3 is 2.59 bits per heavy atom. The molecule has 1 aromatic heterocycles. The van der Waals surface area contributed by atoms with Crippen molar-refractivity contribution in [1.29, 1.82) is 0 Å². The summed E-state index contributed by atoms with van der Waals surface area (Å²) in [6.45, 7) is 6.89. The normalized spacial score (nSPS) is 31.9. The van der Waals surface area contributed by atoms with Gasteiger partial charge in [-0.05, 0) is 44.4 Å². The number of hydrogen-bond acceptors (Lipinski definition) is 3. The summed E-state index contributed by atoms with van der Waals surface area (Å²) in [6.07, 6.45) is 6.51. The first-order valence-electron chi connectivity index (χ1n) is 6.70. The second kappa shape index (κ2) is 3.79. The Bertz CT molecular complexity index is 420. The van der Waals surface area contributed by atoms with Gasteiger partial charge in [-0.15, -0.1) is 11.3 Å². The van der Waals surface area contributed by atoms with Gasteiger partial charge in [-0.25, -0.2) is 4.98 Å². The fourth-order valence-electron chi connectivity index (χ4n) is 3.11. The number of nitrogens with zero attached hydrogens (tertiary/aromatic N) is 1. The molecule has 0 amide bonds. The number of hydrogen-bond donors (Lipinski definition) is 1. The lowest BCUT2D eigenvalue weighted by molar-refractivity contribution is 0.285. The van der Waals surface area contributed by atoms with Gasteiger partial charge in [-0.3, -0.25) is 0 Å². The molecule has 1 N–H and O–H groups in total. The van der Waals surface area contributed by atoms with E-state index in [9.17, 15) is 0 Å². The highest BCUT2D eigenvalue weighted by Gasteiger charge is 2.48. The number of aryl methyl sites for hydroxylation is 1. The molecule has 0 radical (unpaired) electrons. The van der Waals surface area contributed by atoms with Gasteiger partial charge in [0.05, 0.1) is 5.54 Å². The molecule has 1 heterocycles. The summed E-state index contributed by atoms with van der Waals surface area (Å²) in [5.41, 5.74) is 1.82. The second-order valence-corrected chi connectivity index (χ2v) is 7.49. The van der Waals surface area contributed by atoms with Gasteiger partial charge in [-0.1, -0.05) is 13.8 Å². The molecule has 2 saturated carbocycles. The quantitative estimate of drug-likeness (QED) is 0.886. The van der Waals surface area contributed by atoms with Gasteiger partial charge >= 0.3 is 0 Å². The lowest BCUT2D eigenvalue weighted by atomic mass is 9.88. The van der Waals surface area contributed by atoms with Crippen LogP contribution in [0.15, 0.2) is 5.38 Å². The summed E-state index contributed by atoms with van der Waals surface area (Å²) in [4.78, 5) is 4.77. The minimum absolute atomic E-state index is 0.184. The maximum absolute atomic E-state index is 4.77. The number of thiazole rings is 1. The summed E-state index contributed by atoms with van der Waals surface area (Å²) in [5, 5.41) is 7.42. The van der Waals surface area contributed by atoms with Crippen molar-refractivity contribution < 1.29 is 0 Å². The third-order valence-corrected chi connectivity index (χ3v) is 5.26. The average molecular weight is 250 g/mol. The molecule has 17 heavy (non-hydrogen) atoms. The van der Waals surface area contributed by atoms with Crippen LogP contribution in [-0.2, 0) is 5.54 Å². The monoisotopic (exact) mass is 250 g/mol. The highest BCUT2D eigenvalue weighted by atomic mass is 32.1. The van der Waals surface area contributed by atoms with Crippen molar-refractivity contribution in [1.82, 2.24) is 10.3 Å². The summed E-state index contributed by atoms with van der Waals surface area (Å²) in [5.74, 6) is 0. The zero-order valence-corrected chi connectivity index (χ0v) is 11.9. The predicted octanol–water partition coefficient (Wildman–Crippen LogP) is 3.61. The summed E-state index contributed by atoms with van der Waals surface area (Å²) < 4.78 is 0. The molecule has 2 nitrogen and oxygen atoms in total. The van der Waals surface area contributed by atoms with Gasteiger partial charge in [0.15, 0.2) is 0 Å². The van der Waals surface area contributed by atoms with E-state index in [1.54, 1.807) is 0 Å². The maximum atomic E-state index is 4.77. The molecule has 1 unspecified atom stereocenters. The Morgan fingerprint density at radius 2 is 2.12 bits per heavy atom. The molecule has 3 rings (SSSR count). The Hall–Kier alpha value is -0.410. The average Bonchev–Trinajstić information content (AvgIpc) is 2.84. The predicted molar refractivity (Wildman–Crippen MR) is 72.3 cm³/mol. The molecule has 1 atom stereocenters. The van der Waals surface area contributed by atoms with Crippen LogP contribution in [0.1, 0.15) is 56.7 Å². The molecule has 1 aromatic rings. The van der Waals surface area contributed by atoms with Crippen LogP contribution in [0.5, 0.6) is 0 Å². The standard InChI is InChI=1S/C14H22N2S/c1-10-8-17-12(15-10)14(16-11-4-5-11)7-6-13(2,3)9-14/h8,11,16H,4-7,9H2,1-3H3. The largest absolute Gasteiger partial charge is 0.303 e. The number of rotatable bonds is 3. The molecular formula is C14H22N2S. The third kappa shape index (κ3) is 2.27. The van der Waals surface area contributed by atoms with E-state index in [2.05, 4.69) is 31.5 Å². The topological polar surface area (TPSA) is 24.9 Å². The van der Waals surface area contributed by atoms with Crippen molar-refractivity contribution in [3.63, 3.8) is 0 Å². The lowest BCUT2D eigenvalue weighted by Gasteiger charge is -2.30. The molecule has 2 aliphatic rings. The summed E-state index contributed by atoms with van der Waals surface area (Å²) in [6, 6.07) is 0.758. The highest BCUT2D eigenvalue weighted by Crippen LogP contribution is 2.50. The fourth-order valence-corrected chi connectivity index (χ4v) is 4.10. The van der Waals surface area contributed by atoms with Crippen molar-refractivity contribution in [2.24, 2.45) is 5.41 Å². The summed E-state index contributed by atoms with van der Waals surface area (Å²) in [7, 11) is 0. The van der Waals surface area contributed by atoms with E-state index in [1.807, 2.05) is 11.3 Å². The van der Waals surface area contributed by atoms with E-state index in [1.165, 1.54) is 42.8 Å². The Morgan fingerprint density at radius 1 is 1.35 bits per heavy atom. The molecule has 0 aliphatic heterocycles. The molecule has 0 saturated heterocycles. The van der Waals surface area contributed by atoms with Gasteiger partial charge in [0.1, 0.15) is 5.01 Å². The van der Waals surface area contributed by atoms with Crippen LogP contribution in [0.3, 0.4) is 0 Å².